The molecule has 1 heterocycles. The molecule has 1 heteroatoms. The second kappa shape index (κ2) is 4.18. The van der Waals surface area contributed by atoms with Crippen molar-refractivity contribution in [2.45, 2.75) is 13.3 Å². The predicted octanol–water partition coefficient (Wildman–Crippen LogP) is 3.59. The molecule has 0 amide bonds. The summed E-state index contributed by atoms with van der Waals surface area (Å²) in [4.78, 5) is 0. The van der Waals surface area contributed by atoms with Gasteiger partial charge in [-0.15, -0.1) is 0 Å². The van der Waals surface area contributed by atoms with Crippen LogP contribution in [-0.4, -0.2) is 0 Å². The molecule has 0 spiro atoms. The Balaban J connectivity index is 2.42. The maximum atomic E-state index is 3.95. The normalized spacial score (nSPS) is 19.1. The van der Waals surface area contributed by atoms with Gasteiger partial charge in [0, 0.05) is 11.4 Å². The van der Waals surface area contributed by atoms with Crippen molar-refractivity contribution in [3.8, 4) is 0 Å². The summed E-state index contributed by atoms with van der Waals surface area (Å²) in [6.07, 6.45) is 9.17. The Hall–Kier alpha value is -1.76. The predicted molar refractivity (Wildman–Crippen MR) is 65.9 cm³/mol. The van der Waals surface area contributed by atoms with Crippen molar-refractivity contribution in [3.05, 3.63) is 65.9 Å². The monoisotopic (exact) mass is 197 g/mol. The van der Waals surface area contributed by atoms with Crippen molar-refractivity contribution >= 4 is 5.69 Å². The fourth-order valence-corrected chi connectivity index (χ4v) is 1.67. The summed E-state index contributed by atoms with van der Waals surface area (Å²) in [5.41, 5.74) is 4.69. The lowest BCUT2D eigenvalue weighted by molar-refractivity contribution is 1.24. The molecule has 0 unspecified atom stereocenters. The van der Waals surface area contributed by atoms with E-state index in [2.05, 4.69) is 49.2 Å². The number of aryl methyl sites for hydroxylation is 1. The van der Waals surface area contributed by atoms with E-state index in [1.165, 1.54) is 11.1 Å². The van der Waals surface area contributed by atoms with Crippen LogP contribution in [0.1, 0.15) is 11.1 Å². The number of rotatable bonds is 0. The van der Waals surface area contributed by atoms with Gasteiger partial charge in [0.2, 0.25) is 0 Å². The van der Waals surface area contributed by atoms with Crippen LogP contribution in [0, 0.1) is 6.92 Å². The van der Waals surface area contributed by atoms with E-state index in [4.69, 9.17) is 0 Å². The van der Waals surface area contributed by atoms with Crippen LogP contribution < -0.4 is 5.32 Å². The maximum absolute atomic E-state index is 3.95. The summed E-state index contributed by atoms with van der Waals surface area (Å²) < 4.78 is 0. The number of hydrogen-bond donors (Lipinski definition) is 1. The summed E-state index contributed by atoms with van der Waals surface area (Å²) in [5, 5.41) is 3.31. The molecule has 1 nitrogen and oxygen atoms in total. The van der Waals surface area contributed by atoms with Gasteiger partial charge in [-0.2, -0.15) is 0 Å². The van der Waals surface area contributed by atoms with Crippen LogP contribution in [-0.2, 0) is 6.42 Å². The fourth-order valence-electron chi connectivity index (χ4n) is 1.67. The SMILES string of the molecule is C=C1/C=C\C=C/Cc2cc(C)ccc2N1. The Morgan fingerprint density at radius 2 is 2.13 bits per heavy atom. The molecule has 0 radical (unpaired) electrons. The first kappa shape index (κ1) is 9.78. The second-order valence-corrected chi connectivity index (χ2v) is 3.80. The zero-order chi connectivity index (χ0) is 10.7. The van der Waals surface area contributed by atoms with Gasteiger partial charge < -0.3 is 5.32 Å². The average Bonchev–Trinajstić information content (AvgIpc) is 2.28. The zero-order valence-corrected chi connectivity index (χ0v) is 8.96. The van der Waals surface area contributed by atoms with Crippen LogP contribution in [0.25, 0.3) is 0 Å². The second-order valence-electron chi connectivity index (χ2n) is 3.80. The molecule has 0 aromatic heterocycles. The molecule has 0 fully saturated rings. The van der Waals surface area contributed by atoms with Gasteiger partial charge in [-0.05, 0) is 31.1 Å². The first-order valence-corrected chi connectivity index (χ1v) is 5.14. The van der Waals surface area contributed by atoms with Crippen LogP contribution in [0.15, 0.2) is 54.8 Å². The van der Waals surface area contributed by atoms with E-state index in [-0.39, 0.29) is 0 Å². The van der Waals surface area contributed by atoms with Crippen LogP contribution in [0.2, 0.25) is 0 Å². The van der Waals surface area contributed by atoms with Crippen molar-refractivity contribution in [1.29, 1.82) is 0 Å². The quantitative estimate of drug-likeness (QED) is 0.670. The molecule has 0 saturated carbocycles. The molecule has 1 N–H and O–H groups in total. The van der Waals surface area contributed by atoms with E-state index in [1.54, 1.807) is 0 Å². The third-order valence-electron chi connectivity index (χ3n) is 2.44. The first-order valence-electron chi connectivity index (χ1n) is 5.14. The van der Waals surface area contributed by atoms with Crippen LogP contribution >= 0.6 is 0 Å². The highest BCUT2D eigenvalue weighted by Gasteiger charge is 2.02. The Morgan fingerprint density at radius 1 is 1.27 bits per heavy atom. The largest absolute Gasteiger partial charge is 0.356 e. The first-order chi connectivity index (χ1) is 7.25. The Bertz CT molecular complexity index is 439. The van der Waals surface area contributed by atoms with Crippen molar-refractivity contribution < 1.29 is 0 Å². The smallest absolute Gasteiger partial charge is 0.0419 e. The molecule has 76 valence electrons. The molecule has 0 aliphatic carbocycles. The Kier molecular flexibility index (Phi) is 2.72. The fraction of sp³-hybridized carbons (Fsp3) is 0.143. The number of benzene rings is 1. The molecule has 1 aromatic rings. The van der Waals surface area contributed by atoms with E-state index in [1.807, 2.05) is 12.2 Å². The van der Waals surface area contributed by atoms with Gasteiger partial charge in [0.15, 0.2) is 0 Å². The molecule has 15 heavy (non-hydrogen) atoms. The number of fused-ring (bicyclic) bond motifs is 1. The lowest BCUT2D eigenvalue weighted by atomic mass is 10.1. The van der Waals surface area contributed by atoms with Gasteiger partial charge in [-0.25, -0.2) is 0 Å². The molecule has 0 bridgehead atoms. The van der Waals surface area contributed by atoms with Crippen molar-refractivity contribution in [1.82, 2.24) is 0 Å². The highest BCUT2D eigenvalue weighted by molar-refractivity contribution is 5.58. The van der Waals surface area contributed by atoms with Crippen LogP contribution in [0.3, 0.4) is 0 Å². The number of nitrogens with one attached hydrogen (secondary N) is 1. The van der Waals surface area contributed by atoms with E-state index in [9.17, 15) is 0 Å². The minimum atomic E-state index is 0.923. The number of anilines is 1. The number of hydrogen-bond acceptors (Lipinski definition) is 1. The van der Waals surface area contributed by atoms with Crippen molar-refractivity contribution in [3.63, 3.8) is 0 Å². The lowest BCUT2D eigenvalue weighted by Crippen LogP contribution is -1.98. The van der Waals surface area contributed by atoms with Crippen molar-refractivity contribution in [2.24, 2.45) is 0 Å². The van der Waals surface area contributed by atoms with Gasteiger partial charge in [0.1, 0.15) is 0 Å². The molecule has 1 aliphatic heterocycles. The highest BCUT2D eigenvalue weighted by Crippen LogP contribution is 2.20. The standard InChI is InChI=1S/C14H15N/c1-11-8-9-14-13(10-11)7-5-3-4-6-12(2)15-14/h3-6,8-10,15H,2,7H2,1H3/b5-3-,6-4-. The van der Waals surface area contributed by atoms with Gasteiger partial charge in [0.05, 0.1) is 0 Å². The Morgan fingerprint density at radius 3 is 3.00 bits per heavy atom. The summed E-state index contributed by atoms with van der Waals surface area (Å²) in [6, 6.07) is 6.44. The summed E-state index contributed by atoms with van der Waals surface area (Å²) >= 11 is 0. The molecule has 0 atom stereocenters. The van der Waals surface area contributed by atoms with E-state index in [0.717, 1.165) is 17.8 Å². The Labute approximate surface area is 90.8 Å². The lowest BCUT2D eigenvalue weighted by Gasteiger charge is -2.11. The van der Waals surface area contributed by atoms with Crippen molar-refractivity contribution in [2.75, 3.05) is 5.32 Å². The molecular formula is C14H15N. The minimum Gasteiger partial charge on any atom is -0.356 e. The van der Waals surface area contributed by atoms with Gasteiger partial charge in [-0.3, -0.25) is 0 Å². The molecule has 1 aromatic carbocycles. The van der Waals surface area contributed by atoms with E-state index in [0.29, 0.717) is 0 Å². The minimum absolute atomic E-state index is 0.923. The average molecular weight is 197 g/mol. The third-order valence-corrected chi connectivity index (χ3v) is 2.44. The highest BCUT2D eigenvalue weighted by atomic mass is 14.9. The molecule has 1 aliphatic rings. The third kappa shape index (κ3) is 2.38. The topological polar surface area (TPSA) is 12.0 Å². The summed E-state index contributed by atoms with van der Waals surface area (Å²) in [5.74, 6) is 0. The summed E-state index contributed by atoms with van der Waals surface area (Å²) in [6.45, 7) is 6.06. The molecular weight excluding hydrogens is 182 g/mol. The van der Waals surface area contributed by atoms with Gasteiger partial charge in [0.25, 0.3) is 0 Å². The zero-order valence-electron chi connectivity index (χ0n) is 8.96. The number of allylic oxidation sites excluding steroid dienone is 4. The molecule has 0 saturated heterocycles. The van der Waals surface area contributed by atoms with Gasteiger partial charge >= 0.3 is 0 Å². The maximum Gasteiger partial charge on any atom is 0.0419 e. The van der Waals surface area contributed by atoms with E-state index < -0.39 is 0 Å². The summed E-state index contributed by atoms with van der Waals surface area (Å²) in [7, 11) is 0. The van der Waals surface area contributed by atoms with Gasteiger partial charge in [-0.1, -0.05) is 42.5 Å². The van der Waals surface area contributed by atoms with E-state index >= 15 is 0 Å². The van der Waals surface area contributed by atoms with Crippen LogP contribution in [0.4, 0.5) is 5.69 Å². The molecule has 2 rings (SSSR count). The van der Waals surface area contributed by atoms with Crippen LogP contribution in [0.5, 0.6) is 0 Å².